The van der Waals surface area contributed by atoms with E-state index in [1.54, 1.807) is 0 Å². The Morgan fingerprint density at radius 1 is 0.292 bits per heavy atom. The summed E-state index contributed by atoms with van der Waals surface area (Å²) in [7, 11) is 0. The second kappa shape index (κ2) is 15.0. The van der Waals surface area contributed by atoms with E-state index >= 15 is 0 Å². The standard InChI is InChI=1S/C62H40N2O/c1-2-15-51-47(12-1)39-60(53-17-4-3-16-52(51)53)63(49-33-26-43(27-34-49)46-30-37-57-56-20-7-10-23-61(56)65-62(57)40-46)48-31-24-41(25-32-48)44-13-11-14-45(38-44)42-28-35-50(36-29-42)64-58-21-8-5-18-54(58)55-19-6-9-22-59(55)64/h1-40H. The van der Waals surface area contributed by atoms with E-state index in [1.165, 1.54) is 60.0 Å². The van der Waals surface area contributed by atoms with Crippen LogP contribution in [0, 0.1) is 0 Å². The summed E-state index contributed by atoms with van der Waals surface area (Å²) in [5.41, 5.74) is 15.7. The quantitative estimate of drug-likeness (QED) is 0.149. The molecule has 13 aromatic rings. The van der Waals surface area contributed by atoms with Gasteiger partial charge in [0.25, 0.3) is 0 Å². The second-order valence-corrected chi connectivity index (χ2v) is 16.9. The molecule has 0 saturated heterocycles. The van der Waals surface area contributed by atoms with Crippen LogP contribution in [0.4, 0.5) is 17.1 Å². The molecule has 0 aliphatic rings. The number of nitrogens with zero attached hydrogens (tertiary/aromatic N) is 2. The smallest absolute Gasteiger partial charge is 0.136 e. The molecule has 11 aromatic carbocycles. The highest BCUT2D eigenvalue weighted by Gasteiger charge is 2.19. The molecule has 3 nitrogen and oxygen atoms in total. The topological polar surface area (TPSA) is 21.3 Å². The van der Waals surface area contributed by atoms with Crippen molar-refractivity contribution in [3.05, 3.63) is 243 Å². The fourth-order valence-electron chi connectivity index (χ4n) is 10.0. The number of benzene rings is 11. The Morgan fingerprint density at radius 2 is 0.769 bits per heavy atom. The number of rotatable bonds is 7. The van der Waals surface area contributed by atoms with Gasteiger partial charge in [0.1, 0.15) is 11.2 Å². The summed E-state index contributed by atoms with van der Waals surface area (Å²) in [5.74, 6) is 0. The van der Waals surface area contributed by atoms with Gasteiger partial charge in [0.2, 0.25) is 0 Å². The lowest BCUT2D eigenvalue weighted by Crippen LogP contribution is -2.10. The Kier molecular flexibility index (Phi) is 8.53. The monoisotopic (exact) mass is 828 g/mol. The van der Waals surface area contributed by atoms with Crippen molar-refractivity contribution in [1.29, 1.82) is 0 Å². The van der Waals surface area contributed by atoms with Gasteiger partial charge in [-0.05, 0) is 128 Å². The Hall–Kier alpha value is -8.66. The minimum atomic E-state index is 0.899. The summed E-state index contributed by atoms with van der Waals surface area (Å²) in [6, 6.07) is 87.8. The van der Waals surface area contributed by atoms with Crippen molar-refractivity contribution in [2.24, 2.45) is 0 Å². The third-order valence-corrected chi connectivity index (χ3v) is 13.2. The predicted molar refractivity (Wildman–Crippen MR) is 274 cm³/mol. The highest BCUT2D eigenvalue weighted by molar-refractivity contribution is 6.15. The van der Waals surface area contributed by atoms with Crippen molar-refractivity contribution in [1.82, 2.24) is 4.57 Å². The molecular weight excluding hydrogens is 789 g/mol. The first kappa shape index (κ1) is 36.9. The summed E-state index contributed by atoms with van der Waals surface area (Å²) in [6.45, 7) is 0. The van der Waals surface area contributed by atoms with E-state index in [1.807, 2.05) is 12.1 Å². The van der Waals surface area contributed by atoms with Gasteiger partial charge in [-0.15, -0.1) is 0 Å². The van der Waals surface area contributed by atoms with Gasteiger partial charge in [-0.1, -0.05) is 164 Å². The lowest BCUT2D eigenvalue weighted by atomic mass is 9.97. The highest BCUT2D eigenvalue weighted by atomic mass is 16.3. The zero-order valence-electron chi connectivity index (χ0n) is 35.4. The minimum Gasteiger partial charge on any atom is -0.456 e. The zero-order chi connectivity index (χ0) is 42.8. The SMILES string of the molecule is c1cc(-c2ccc(N(c3ccc(-c4ccc5c(c4)oc4ccccc45)cc3)c3cc4ccccc4c4ccccc34)cc2)cc(-c2ccc(-n3c4ccccc4c4ccccc43)cc2)c1. The molecule has 0 aliphatic heterocycles. The lowest BCUT2D eigenvalue weighted by molar-refractivity contribution is 0.669. The van der Waals surface area contributed by atoms with E-state index in [2.05, 4.69) is 240 Å². The molecule has 0 saturated carbocycles. The van der Waals surface area contributed by atoms with E-state index in [4.69, 9.17) is 4.42 Å². The molecule has 0 amide bonds. The molecule has 0 fully saturated rings. The van der Waals surface area contributed by atoms with E-state index in [9.17, 15) is 0 Å². The number of fused-ring (bicyclic) bond motifs is 9. The van der Waals surface area contributed by atoms with Crippen molar-refractivity contribution in [3.8, 4) is 39.1 Å². The first-order chi connectivity index (χ1) is 32.2. The minimum absolute atomic E-state index is 0.899. The number of para-hydroxylation sites is 3. The molecule has 0 N–H and O–H groups in total. The van der Waals surface area contributed by atoms with Crippen molar-refractivity contribution in [2.45, 2.75) is 0 Å². The first-order valence-electron chi connectivity index (χ1n) is 22.2. The summed E-state index contributed by atoms with van der Waals surface area (Å²) in [5, 5.41) is 9.71. The molecule has 0 aliphatic carbocycles. The largest absolute Gasteiger partial charge is 0.456 e. The molecule has 65 heavy (non-hydrogen) atoms. The summed E-state index contributed by atoms with van der Waals surface area (Å²) in [4.78, 5) is 2.40. The maximum atomic E-state index is 6.27. The molecule has 0 unspecified atom stereocenters. The van der Waals surface area contributed by atoms with Crippen molar-refractivity contribution in [2.75, 3.05) is 4.90 Å². The van der Waals surface area contributed by atoms with Gasteiger partial charge >= 0.3 is 0 Å². The Labute approximate surface area is 376 Å². The molecule has 0 bridgehead atoms. The zero-order valence-corrected chi connectivity index (χ0v) is 35.4. The third-order valence-electron chi connectivity index (χ3n) is 13.2. The van der Waals surface area contributed by atoms with Crippen LogP contribution in [0.15, 0.2) is 247 Å². The maximum Gasteiger partial charge on any atom is 0.136 e. The summed E-state index contributed by atoms with van der Waals surface area (Å²) in [6.07, 6.45) is 0. The van der Waals surface area contributed by atoms with Crippen LogP contribution < -0.4 is 4.90 Å². The van der Waals surface area contributed by atoms with Crippen molar-refractivity contribution < 1.29 is 4.42 Å². The van der Waals surface area contributed by atoms with Crippen LogP contribution >= 0.6 is 0 Å². The lowest BCUT2D eigenvalue weighted by Gasteiger charge is -2.28. The number of hydrogen-bond acceptors (Lipinski definition) is 2. The Bertz CT molecular complexity index is 3880. The normalized spacial score (nSPS) is 11.7. The van der Waals surface area contributed by atoms with Crippen LogP contribution in [0.1, 0.15) is 0 Å². The molecule has 3 heteroatoms. The molecule has 0 atom stereocenters. The average Bonchev–Trinajstić information content (AvgIpc) is 3.92. The second-order valence-electron chi connectivity index (χ2n) is 16.9. The Morgan fingerprint density at radius 3 is 1.42 bits per heavy atom. The van der Waals surface area contributed by atoms with Crippen LogP contribution in [0.2, 0.25) is 0 Å². The van der Waals surface area contributed by atoms with E-state index in [0.29, 0.717) is 0 Å². The number of furan rings is 1. The van der Waals surface area contributed by atoms with Crippen LogP contribution in [-0.2, 0) is 0 Å². The average molecular weight is 829 g/mol. The molecule has 0 radical (unpaired) electrons. The van der Waals surface area contributed by atoms with E-state index in [0.717, 1.165) is 61.4 Å². The molecule has 2 heterocycles. The molecule has 13 rings (SSSR count). The number of aromatic nitrogens is 1. The predicted octanol–water partition coefficient (Wildman–Crippen LogP) is 17.5. The fraction of sp³-hybridized carbons (Fsp3) is 0. The third kappa shape index (κ3) is 6.20. The van der Waals surface area contributed by atoms with Gasteiger partial charge < -0.3 is 13.9 Å². The van der Waals surface area contributed by atoms with Gasteiger partial charge in [0, 0.05) is 44.0 Å². The molecule has 2 aromatic heterocycles. The fourth-order valence-corrected chi connectivity index (χ4v) is 10.0. The van der Waals surface area contributed by atoms with Crippen molar-refractivity contribution >= 4 is 82.4 Å². The van der Waals surface area contributed by atoms with Crippen LogP contribution in [0.3, 0.4) is 0 Å². The number of hydrogen-bond donors (Lipinski definition) is 0. The molecule has 304 valence electrons. The van der Waals surface area contributed by atoms with E-state index < -0.39 is 0 Å². The van der Waals surface area contributed by atoms with Crippen LogP contribution in [0.25, 0.3) is 104 Å². The van der Waals surface area contributed by atoms with Gasteiger partial charge in [0.15, 0.2) is 0 Å². The summed E-state index contributed by atoms with van der Waals surface area (Å²) >= 11 is 0. The van der Waals surface area contributed by atoms with Gasteiger partial charge in [-0.2, -0.15) is 0 Å². The Balaban J connectivity index is 0.863. The number of anilines is 3. The van der Waals surface area contributed by atoms with Crippen LogP contribution in [-0.4, -0.2) is 4.57 Å². The molecule has 0 spiro atoms. The van der Waals surface area contributed by atoms with Crippen molar-refractivity contribution in [3.63, 3.8) is 0 Å². The first-order valence-corrected chi connectivity index (χ1v) is 22.2. The van der Waals surface area contributed by atoms with Gasteiger partial charge in [-0.25, -0.2) is 0 Å². The van der Waals surface area contributed by atoms with Gasteiger partial charge in [-0.3, -0.25) is 0 Å². The molecular formula is C62H40N2O. The van der Waals surface area contributed by atoms with E-state index in [-0.39, 0.29) is 0 Å². The highest BCUT2D eigenvalue weighted by Crippen LogP contribution is 2.43. The summed E-state index contributed by atoms with van der Waals surface area (Å²) < 4.78 is 8.64. The van der Waals surface area contributed by atoms with Crippen LogP contribution in [0.5, 0.6) is 0 Å². The maximum absolute atomic E-state index is 6.27. The van der Waals surface area contributed by atoms with Gasteiger partial charge in [0.05, 0.1) is 16.7 Å².